The number of fused-ring (bicyclic) bond motifs is 1. The summed E-state index contributed by atoms with van der Waals surface area (Å²) in [6.45, 7) is 6.10. The van der Waals surface area contributed by atoms with Gasteiger partial charge in [-0.15, -0.1) is 0 Å². The van der Waals surface area contributed by atoms with Gasteiger partial charge < -0.3 is 5.11 Å². The molecule has 0 aromatic carbocycles. The van der Waals surface area contributed by atoms with Gasteiger partial charge >= 0.3 is 5.97 Å². The third-order valence-electron chi connectivity index (χ3n) is 3.36. The molecular formula is C13H18N2O2. The molecule has 4 nitrogen and oxygen atoms in total. The summed E-state index contributed by atoms with van der Waals surface area (Å²) in [5.74, 6) is 0.212. The van der Waals surface area contributed by atoms with Crippen LogP contribution in [0, 0.1) is 12.8 Å². The van der Waals surface area contributed by atoms with Crippen LogP contribution in [0.25, 0.3) is 0 Å². The van der Waals surface area contributed by atoms with Crippen molar-refractivity contribution in [3.05, 3.63) is 22.8 Å². The molecule has 0 saturated heterocycles. The lowest BCUT2D eigenvalue weighted by atomic mass is 9.86. The van der Waals surface area contributed by atoms with Crippen LogP contribution in [0.3, 0.4) is 0 Å². The van der Waals surface area contributed by atoms with Gasteiger partial charge in [0.25, 0.3) is 0 Å². The van der Waals surface area contributed by atoms with Crippen molar-refractivity contribution in [2.24, 2.45) is 5.92 Å². The minimum absolute atomic E-state index is 0.269. The molecule has 4 heteroatoms. The summed E-state index contributed by atoms with van der Waals surface area (Å²) >= 11 is 0. The van der Waals surface area contributed by atoms with Crippen molar-refractivity contribution in [1.82, 2.24) is 9.97 Å². The number of aliphatic carboxylic acids is 1. The van der Waals surface area contributed by atoms with E-state index in [2.05, 4.69) is 23.8 Å². The van der Waals surface area contributed by atoms with Crippen LogP contribution in [0.2, 0.25) is 0 Å². The lowest BCUT2D eigenvalue weighted by molar-refractivity contribution is -0.142. The normalized spacial score (nSPS) is 19.2. The van der Waals surface area contributed by atoms with Gasteiger partial charge in [-0.25, -0.2) is 9.97 Å². The van der Waals surface area contributed by atoms with Crippen LogP contribution >= 0.6 is 0 Å². The minimum Gasteiger partial charge on any atom is -0.481 e. The van der Waals surface area contributed by atoms with Crippen LogP contribution in [0.1, 0.15) is 49.0 Å². The van der Waals surface area contributed by atoms with Gasteiger partial charge in [0.05, 0.1) is 5.92 Å². The van der Waals surface area contributed by atoms with Crippen molar-refractivity contribution in [2.45, 2.75) is 46.0 Å². The summed E-state index contributed by atoms with van der Waals surface area (Å²) in [7, 11) is 0. The Morgan fingerprint density at radius 3 is 2.71 bits per heavy atom. The average molecular weight is 234 g/mol. The Balaban J connectivity index is 2.37. The summed E-state index contributed by atoms with van der Waals surface area (Å²) in [5.41, 5.74) is 3.05. The first-order valence-corrected chi connectivity index (χ1v) is 6.08. The summed E-state index contributed by atoms with van der Waals surface area (Å²) in [4.78, 5) is 20.0. The number of aromatic nitrogens is 2. The van der Waals surface area contributed by atoms with Gasteiger partial charge in [0.2, 0.25) is 0 Å². The molecule has 0 spiro atoms. The Bertz CT molecular complexity index is 455. The largest absolute Gasteiger partial charge is 0.481 e. The Hall–Kier alpha value is -1.45. The highest BCUT2D eigenvalue weighted by Gasteiger charge is 2.27. The van der Waals surface area contributed by atoms with Gasteiger partial charge in [0.1, 0.15) is 5.82 Å². The van der Waals surface area contributed by atoms with E-state index in [9.17, 15) is 4.79 Å². The molecule has 1 aliphatic carbocycles. The summed E-state index contributed by atoms with van der Waals surface area (Å²) in [6.07, 6.45) is 2.03. The zero-order chi connectivity index (χ0) is 12.6. The van der Waals surface area contributed by atoms with Crippen molar-refractivity contribution in [1.29, 1.82) is 0 Å². The number of carboxylic acids is 1. The topological polar surface area (TPSA) is 63.1 Å². The van der Waals surface area contributed by atoms with Crippen molar-refractivity contribution in [3.8, 4) is 0 Å². The van der Waals surface area contributed by atoms with Crippen LogP contribution in [-0.4, -0.2) is 21.0 Å². The first-order chi connectivity index (χ1) is 7.99. The molecule has 0 radical (unpaired) electrons. The third kappa shape index (κ3) is 2.30. The van der Waals surface area contributed by atoms with Crippen molar-refractivity contribution in [2.75, 3.05) is 0 Å². The second-order valence-corrected chi connectivity index (χ2v) is 5.03. The minimum atomic E-state index is -0.706. The van der Waals surface area contributed by atoms with Crippen LogP contribution in [0.4, 0.5) is 0 Å². The molecule has 1 atom stereocenters. The average Bonchev–Trinajstić information content (AvgIpc) is 2.28. The van der Waals surface area contributed by atoms with E-state index in [1.165, 1.54) is 0 Å². The molecule has 2 rings (SSSR count). The number of carboxylic acid groups (broad SMARTS) is 1. The van der Waals surface area contributed by atoms with Gasteiger partial charge in [-0.2, -0.15) is 0 Å². The van der Waals surface area contributed by atoms with Gasteiger partial charge in [0.15, 0.2) is 0 Å². The molecular weight excluding hydrogens is 216 g/mol. The highest BCUT2D eigenvalue weighted by atomic mass is 16.4. The van der Waals surface area contributed by atoms with E-state index < -0.39 is 5.97 Å². The zero-order valence-corrected chi connectivity index (χ0v) is 10.5. The molecule has 0 saturated carbocycles. The van der Waals surface area contributed by atoms with E-state index in [4.69, 9.17) is 5.11 Å². The predicted octanol–water partition coefficient (Wildman–Crippen LogP) is 2.10. The fourth-order valence-corrected chi connectivity index (χ4v) is 2.28. The molecule has 1 heterocycles. The van der Waals surface area contributed by atoms with E-state index in [1.807, 2.05) is 6.92 Å². The van der Waals surface area contributed by atoms with E-state index in [-0.39, 0.29) is 5.92 Å². The van der Waals surface area contributed by atoms with Gasteiger partial charge in [0, 0.05) is 17.3 Å². The molecule has 1 aliphatic rings. The molecule has 0 aliphatic heterocycles. The highest BCUT2D eigenvalue weighted by molar-refractivity contribution is 5.71. The SMILES string of the molecule is Cc1nc(C(C)C)nc2c1CC(C(=O)O)CC2. The number of carbonyl (C=O) groups is 1. The third-order valence-corrected chi connectivity index (χ3v) is 3.36. The standard InChI is InChI=1S/C13H18N2O2/c1-7(2)12-14-8(3)10-6-9(13(16)17)4-5-11(10)15-12/h7,9H,4-6H2,1-3H3,(H,16,17). The van der Waals surface area contributed by atoms with Crippen molar-refractivity contribution < 1.29 is 9.90 Å². The molecule has 1 aromatic heterocycles. The monoisotopic (exact) mass is 234 g/mol. The molecule has 1 aromatic rings. The fraction of sp³-hybridized carbons (Fsp3) is 0.615. The van der Waals surface area contributed by atoms with Crippen molar-refractivity contribution >= 4 is 5.97 Å². The lowest BCUT2D eigenvalue weighted by Gasteiger charge is -2.23. The molecule has 1 N–H and O–H groups in total. The van der Waals surface area contributed by atoms with E-state index >= 15 is 0 Å². The second kappa shape index (κ2) is 4.43. The van der Waals surface area contributed by atoms with Crippen LogP contribution in [0.5, 0.6) is 0 Å². The van der Waals surface area contributed by atoms with Crippen LogP contribution in [0.15, 0.2) is 0 Å². The highest BCUT2D eigenvalue weighted by Crippen LogP contribution is 2.27. The van der Waals surface area contributed by atoms with Gasteiger partial charge in [-0.05, 0) is 31.7 Å². The van der Waals surface area contributed by atoms with Crippen LogP contribution < -0.4 is 0 Å². The first-order valence-electron chi connectivity index (χ1n) is 6.08. The zero-order valence-electron chi connectivity index (χ0n) is 10.5. The number of aryl methyl sites for hydroxylation is 2. The van der Waals surface area contributed by atoms with Gasteiger partial charge in [-0.1, -0.05) is 13.8 Å². The Morgan fingerprint density at radius 2 is 2.12 bits per heavy atom. The number of hydrogen-bond donors (Lipinski definition) is 1. The second-order valence-electron chi connectivity index (χ2n) is 5.03. The Labute approximate surface area is 101 Å². The quantitative estimate of drug-likeness (QED) is 0.851. The van der Waals surface area contributed by atoms with E-state index in [1.54, 1.807) is 0 Å². The van der Waals surface area contributed by atoms with E-state index in [0.29, 0.717) is 18.8 Å². The van der Waals surface area contributed by atoms with Gasteiger partial charge in [-0.3, -0.25) is 4.79 Å². The van der Waals surface area contributed by atoms with Crippen LogP contribution in [-0.2, 0) is 17.6 Å². The fourth-order valence-electron chi connectivity index (χ4n) is 2.28. The molecule has 0 bridgehead atoms. The first kappa shape index (κ1) is 12.0. The number of rotatable bonds is 2. The molecule has 17 heavy (non-hydrogen) atoms. The predicted molar refractivity (Wildman–Crippen MR) is 64.0 cm³/mol. The molecule has 0 amide bonds. The summed E-state index contributed by atoms with van der Waals surface area (Å²) < 4.78 is 0. The maximum atomic E-state index is 11.0. The molecule has 92 valence electrons. The summed E-state index contributed by atoms with van der Waals surface area (Å²) in [6, 6.07) is 0. The molecule has 1 unspecified atom stereocenters. The van der Waals surface area contributed by atoms with Crippen molar-refractivity contribution in [3.63, 3.8) is 0 Å². The summed E-state index contributed by atoms with van der Waals surface area (Å²) in [5, 5.41) is 9.06. The Kier molecular flexibility index (Phi) is 3.13. The van der Waals surface area contributed by atoms with E-state index in [0.717, 1.165) is 29.2 Å². The number of nitrogens with zero attached hydrogens (tertiary/aromatic N) is 2. The Morgan fingerprint density at radius 1 is 1.41 bits per heavy atom. The maximum Gasteiger partial charge on any atom is 0.306 e. The lowest BCUT2D eigenvalue weighted by Crippen LogP contribution is -2.24. The number of hydrogen-bond acceptors (Lipinski definition) is 3. The molecule has 0 fully saturated rings. The smallest absolute Gasteiger partial charge is 0.306 e. The maximum absolute atomic E-state index is 11.0.